The van der Waals surface area contributed by atoms with Crippen molar-refractivity contribution in [2.75, 3.05) is 18.8 Å². The van der Waals surface area contributed by atoms with Crippen molar-refractivity contribution in [3.63, 3.8) is 0 Å². The number of nitrogens with zero attached hydrogens (tertiary/aromatic N) is 3. The van der Waals surface area contributed by atoms with Gasteiger partial charge >= 0.3 is 0 Å². The molecule has 0 bridgehead atoms. The quantitative estimate of drug-likeness (QED) is 0.811. The lowest BCUT2D eigenvalue weighted by Crippen LogP contribution is -2.56. The Morgan fingerprint density at radius 3 is 3.05 bits per heavy atom. The molecule has 100 valence electrons. The van der Waals surface area contributed by atoms with Gasteiger partial charge in [0.15, 0.2) is 0 Å². The lowest BCUT2D eigenvalue weighted by molar-refractivity contribution is -0.154. The number of fused-ring (bicyclic) bond motifs is 1. The first-order chi connectivity index (χ1) is 9.15. The number of aromatic nitrogens is 1. The number of hydrogen-bond donors (Lipinski definition) is 1. The molecule has 1 aromatic heterocycles. The summed E-state index contributed by atoms with van der Waals surface area (Å²) in [5, 5.41) is 0. The van der Waals surface area contributed by atoms with E-state index in [9.17, 15) is 9.59 Å². The summed E-state index contributed by atoms with van der Waals surface area (Å²) in [6.45, 7) is 1.30. The number of pyridine rings is 1. The summed E-state index contributed by atoms with van der Waals surface area (Å²) < 4.78 is 0. The van der Waals surface area contributed by atoms with Gasteiger partial charge in [-0.25, -0.2) is 4.98 Å². The normalized spacial score (nSPS) is 22.8. The van der Waals surface area contributed by atoms with Crippen LogP contribution in [-0.4, -0.2) is 45.7 Å². The number of amides is 2. The molecule has 0 aromatic carbocycles. The Morgan fingerprint density at radius 2 is 2.26 bits per heavy atom. The van der Waals surface area contributed by atoms with E-state index in [2.05, 4.69) is 4.98 Å². The van der Waals surface area contributed by atoms with Crippen LogP contribution in [0, 0.1) is 0 Å². The minimum Gasteiger partial charge on any atom is -0.384 e. The second kappa shape index (κ2) is 4.53. The molecule has 1 unspecified atom stereocenters. The molecule has 6 heteroatoms. The molecule has 2 saturated heterocycles. The highest BCUT2D eigenvalue weighted by Gasteiger charge is 2.41. The number of carbonyl (C=O) groups is 2. The number of anilines is 1. The van der Waals surface area contributed by atoms with Gasteiger partial charge in [-0.3, -0.25) is 9.59 Å². The number of piperazine rings is 1. The highest BCUT2D eigenvalue weighted by Crippen LogP contribution is 2.24. The van der Waals surface area contributed by atoms with E-state index in [4.69, 9.17) is 5.73 Å². The van der Waals surface area contributed by atoms with Crippen molar-refractivity contribution in [3.8, 4) is 0 Å². The first kappa shape index (κ1) is 12.0. The molecule has 6 nitrogen and oxygen atoms in total. The molecule has 0 radical (unpaired) electrons. The molecule has 1 atom stereocenters. The molecule has 2 aliphatic heterocycles. The van der Waals surface area contributed by atoms with Gasteiger partial charge in [0.2, 0.25) is 11.8 Å². The van der Waals surface area contributed by atoms with E-state index in [1.165, 1.54) is 0 Å². The second-order valence-electron chi connectivity index (χ2n) is 5.03. The zero-order valence-electron chi connectivity index (χ0n) is 10.6. The number of rotatable bonds is 2. The van der Waals surface area contributed by atoms with E-state index < -0.39 is 0 Å². The Bertz CT molecular complexity index is 531. The molecule has 0 aliphatic carbocycles. The van der Waals surface area contributed by atoms with Gasteiger partial charge in [-0.15, -0.1) is 0 Å². The standard InChI is InChI=1S/C13H16N4O2/c14-11-6-9(3-4-15-11)7-16-8-12(18)17-5-1-2-10(17)13(16)19/h3-4,6,10H,1-2,5,7-8H2,(H2,14,15). The maximum Gasteiger partial charge on any atom is 0.246 e. The third-order valence-electron chi connectivity index (χ3n) is 3.71. The van der Waals surface area contributed by atoms with Crippen LogP contribution in [-0.2, 0) is 16.1 Å². The molecule has 0 spiro atoms. The van der Waals surface area contributed by atoms with Gasteiger partial charge in [0, 0.05) is 19.3 Å². The van der Waals surface area contributed by atoms with Gasteiger partial charge in [0.1, 0.15) is 18.4 Å². The summed E-state index contributed by atoms with van der Waals surface area (Å²) in [4.78, 5) is 31.6. The summed E-state index contributed by atoms with van der Waals surface area (Å²) in [6.07, 6.45) is 3.31. The Kier molecular flexibility index (Phi) is 2.85. The first-order valence-electron chi connectivity index (χ1n) is 6.44. The van der Waals surface area contributed by atoms with Crippen molar-refractivity contribution in [3.05, 3.63) is 23.9 Å². The Balaban J connectivity index is 1.78. The van der Waals surface area contributed by atoms with E-state index >= 15 is 0 Å². The van der Waals surface area contributed by atoms with Crippen molar-refractivity contribution in [2.45, 2.75) is 25.4 Å². The molecule has 19 heavy (non-hydrogen) atoms. The van der Waals surface area contributed by atoms with Gasteiger partial charge in [-0.1, -0.05) is 0 Å². The predicted octanol–water partition coefficient (Wildman–Crippen LogP) is -0.00300. The van der Waals surface area contributed by atoms with Crippen molar-refractivity contribution in [2.24, 2.45) is 0 Å². The summed E-state index contributed by atoms with van der Waals surface area (Å²) >= 11 is 0. The van der Waals surface area contributed by atoms with Crippen molar-refractivity contribution in [1.82, 2.24) is 14.8 Å². The monoisotopic (exact) mass is 260 g/mol. The number of hydrogen-bond acceptors (Lipinski definition) is 4. The van der Waals surface area contributed by atoms with Gasteiger partial charge in [0.05, 0.1) is 0 Å². The van der Waals surface area contributed by atoms with Crippen LogP contribution in [0.2, 0.25) is 0 Å². The van der Waals surface area contributed by atoms with E-state index in [1.54, 1.807) is 22.1 Å². The predicted molar refractivity (Wildman–Crippen MR) is 68.8 cm³/mol. The van der Waals surface area contributed by atoms with Crippen LogP contribution in [0.1, 0.15) is 18.4 Å². The molecular weight excluding hydrogens is 244 g/mol. The van der Waals surface area contributed by atoms with E-state index in [0.717, 1.165) is 18.4 Å². The molecule has 1 aromatic rings. The van der Waals surface area contributed by atoms with Crippen LogP contribution >= 0.6 is 0 Å². The highest BCUT2D eigenvalue weighted by atomic mass is 16.2. The zero-order chi connectivity index (χ0) is 13.4. The van der Waals surface area contributed by atoms with Gasteiger partial charge in [0.25, 0.3) is 0 Å². The molecular formula is C13H16N4O2. The molecule has 2 amide bonds. The van der Waals surface area contributed by atoms with Gasteiger partial charge in [-0.05, 0) is 30.5 Å². The molecule has 2 fully saturated rings. The summed E-state index contributed by atoms with van der Waals surface area (Å²) in [5.41, 5.74) is 6.52. The Morgan fingerprint density at radius 1 is 1.42 bits per heavy atom. The Labute approximate surface area is 111 Å². The lowest BCUT2D eigenvalue weighted by Gasteiger charge is -2.36. The average molecular weight is 260 g/mol. The van der Waals surface area contributed by atoms with E-state index in [-0.39, 0.29) is 24.4 Å². The summed E-state index contributed by atoms with van der Waals surface area (Å²) in [6, 6.07) is 3.30. The van der Waals surface area contributed by atoms with E-state index in [0.29, 0.717) is 18.9 Å². The van der Waals surface area contributed by atoms with Crippen LogP contribution < -0.4 is 5.73 Å². The summed E-state index contributed by atoms with van der Waals surface area (Å²) in [7, 11) is 0. The van der Waals surface area contributed by atoms with Crippen LogP contribution in [0.5, 0.6) is 0 Å². The lowest BCUT2D eigenvalue weighted by atomic mass is 10.1. The summed E-state index contributed by atoms with van der Waals surface area (Å²) in [5.74, 6) is 0.521. The fraction of sp³-hybridized carbons (Fsp3) is 0.462. The molecule has 0 saturated carbocycles. The van der Waals surface area contributed by atoms with Crippen LogP contribution in [0.3, 0.4) is 0 Å². The van der Waals surface area contributed by atoms with Crippen molar-refractivity contribution in [1.29, 1.82) is 0 Å². The smallest absolute Gasteiger partial charge is 0.246 e. The zero-order valence-corrected chi connectivity index (χ0v) is 10.6. The molecule has 3 rings (SSSR count). The van der Waals surface area contributed by atoms with Crippen molar-refractivity contribution >= 4 is 17.6 Å². The minimum absolute atomic E-state index is 0.0455. The third kappa shape index (κ3) is 2.14. The Hall–Kier alpha value is -2.11. The number of nitrogen functional groups attached to an aromatic ring is 1. The molecule has 3 heterocycles. The van der Waals surface area contributed by atoms with Crippen molar-refractivity contribution < 1.29 is 9.59 Å². The topological polar surface area (TPSA) is 79.5 Å². The fourth-order valence-electron chi connectivity index (χ4n) is 2.81. The molecule has 2 N–H and O–H groups in total. The van der Waals surface area contributed by atoms with Crippen LogP contribution in [0.25, 0.3) is 0 Å². The highest BCUT2D eigenvalue weighted by molar-refractivity contribution is 5.95. The van der Waals surface area contributed by atoms with Crippen LogP contribution in [0.15, 0.2) is 18.3 Å². The van der Waals surface area contributed by atoms with Gasteiger partial charge in [-0.2, -0.15) is 0 Å². The largest absolute Gasteiger partial charge is 0.384 e. The van der Waals surface area contributed by atoms with Crippen LogP contribution in [0.4, 0.5) is 5.82 Å². The number of carbonyl (C=O) groups excluding carboxylic acids is 2. The second-order valence-corrected chi connectivity index (χ2v) is 5.03. The SMILES string of the molecule is Nc1cc(CN2CC(=O)N3CCCC3C2=O)ccn1. The van der Waals surface area contributed by atoms with E-state index in [1.807, 2.05) is 6.07 Å². The maximum absolute atomic E-state index is 12.3. The first-order valence-corrected chi connectivity index (χ1v) is 6.44. The average Bonchev–Trinajstić information content (AvgIpc) is 2.85. The fourth-order valence-corrected chi connectivity index (χ4v) is 2.81. The maximum atomic E-state index is 12.3. The third-order valence-corrected chi connectivity index (χ3v) is 3.71. The number of nitrogens with two attached hydrogens (primary N) is 1. The molecule has 2 aliphatic rings. The minimum atomic E-state index is -0.250. The van der Waals surface area contributed by atoms with Gasteiger partial charge < -0.3 is 15.5 Å².